The average Bonchev–Trinajstić information content (AvgIpc) is 2.31. The zero-order valence-corrected chi connectivity index (χ0v) is 10.4. The van der Waals surface area contributed by atoms with Crippen LogP contribution in [0.15, 0.2) is 28.9 Å². The van der Waals surface area contributed by atoms with Gasteiger partial charge in [0.25, 0.3) is 0 Å². The van der Waals surface area contributed by atoms with Crippen molar-refractivity contribution >= 4 is 11.8 Å². The van der Waals surface area contributed by atoms with Gasteiger partial charge in [-0.1, -0.05) is 24.2 Å². The first-order valence-corrected chi connectivity index (χ1v) is 5.56. The van der Waals surface area contributed by atoms with Gasteiger partial charge in [-0.25, -0.2) is 4.39 Å². The normalized spacial score (nSPS) is 13.8. The number of allylic oxidation sites excluding steroid dienone is 1. The van der Waals surface area contributed by atoms with Crippen LogP contribution in [0.5, 0.6) is 0 Å². The van der Waals surface area contributed by atoms with Gasteiger partial charge in [-0.15, -0.1) is 0 Å². The molecule has 1 aromatic carbocycles. The van der Waals surface area contributed by atoms with E-state index in [0.29, 0.717) is 17.7 Å². The molecule has 0 bridgehead atoms. The first kappa shape index (κ1) is 15.2. The number of alkyl halides is 3. The van der Waals surface area contributed by atoms with Gasteiger partial charge >= 0.3 is 6.18 Å². The van der Waals surface area contributed by atoms with Crippen molar-refractivity contribution in [2.75, 3.05) is 0 Å². The highest BCUT2D eigenvalue weighted by molar-refractivity contribution is 6.02. The Hall–Kier alpha value is -1.85. The molecular weight excluding hydrogens is 262 g/mol. The van der Waals surface area contributed by atoms with E-state index in [2.05, 4.69) is 5.16 Å². The predicted octanol–water partition coefficient (Wildman–Crippen LogP) is 4.49. The van der Waals surface area contributed by atoms with E-state index in [0.717, 1.165) is 12.1 Å². The average molecular weight is 275 g/mol. The number of rotatable bonds is 3. The van der Waals surface area contributed by atoms with Crippen LogP contribution in [0.1, 0.15) is 31.4 Å². The Bertz CT molecular complexity index is 518. The molecule has 0 aliphatic heterocycles. The number of nitrogens with zero attached hydrogens (tertiary/aromatic N) is 1. The van der Waals surface area contributed by atoms with E-state index in [1.807, 2.05) is 0 Å². The minimum absolute atomic E-state index is 0.195. The van der Waals surface area contributed by atoms with E-state index < -0.39 is 17.6 Å². The molecule has 0 amide bonds. The molecule has 0 unspecified atom stereocenters. The molecule has 1 N–H and O–H groups in total. The highest BCUT2D eigenvalue weighted by Crippen LogP contribution is 2.32. The summed E-state index contributed by atoms with van der Waals surface area (Å²) in [7, 11) is 0. The smallest absolute Gasteiger partial charge is 0.411 e. The lowest BCUT2D eigenvalue weighted by Gasteiger charge is -2.09. The first-order chi connectivity index (χ1) is 8.79. The van der Waals surface area contributed by atoms with Crippen molar-refractivity contribution in [3.63, 3.8) is 0 Å². The van der Waals surface area contributed by atoms with Gasteiger partial charge in [-0.2, -0.15) is 13.2 Å². The van der Waals surface area contributed by atoms with Gasteiger partial charge in [0.1, 0.15) is 5.82 Å². The van der Waals surface area contributed by atoms with Crippen molar-refractivity contribution < 1.29 is 22.8 Å². The standard InChI is InChI=1S/C13H13F4NO/c1-3-12(18-19)8(2)6-9-4-5-11(14)10(7-9)13(15,16)17/h4-7,19H,3H2,1-2H3. The third-order valence-electron chi connectivity index (χ3n) is 2.59. The molecule has 0 fully saturated rings. The van der Waals surface area contributed by atoms with Crippen LogP contribution in [-0.4, -0.2) is 10.9 Å². The molecule has 104 valence electrons. The van der Waals surface area contributed by atoms with Crippen molar-refractivity contribution in [3.8, 4) is 0 Å². The van der Waals surface area contributed by atoms with Crippen LogP contribution in [0.2, 0.25) is 0 Å². The van der Waals surface area contributed by atoms with Crippen LogP contribution in [0.25, 0.3) is 6.08 Å². The molecule has 1 aromatic rings. The van der Waals surface area contributed by atoms with Crippen LogP contribution in [0.4, 0.5) is 17.6 Å². The Morgan fingerprint density at radius 2 is 2.00 bits per heavy atom. The second kappa shape index (κ2) is 5.86. The molecule has 0 radical (unpaired) electrons. The fraction of sp³-hybridized carbons (Fsp3) is 0.308. The monoisotopic (exact) mass is 275 g/mol. The van der Waals surface area contributed by atoms with Gasteiger partial charge in [0.15, 0.2) is 0 Å². The Balaban J connectivity index is 3.21. The zero-order valence-electron chi connectivity index (χ0n) is 10.4. The summed E-state index contributed by atoms with van der Waals surface area (Å²) in [4.78, 5) is 0. The molecule has 0 heterocycles. The van der Waals surface area contributed by atoms with Crippen LogP contribution in [-0.2, 0) is 6.18 Å². The molecule has 0 aliphatic carbocycles. The zero-order chi connectivity index (χ0) is 14.6. The van der Waals surface area contributed by atoms with E-state index >= 15 is 0 Å². The van der Waals surface area contributed by atoms with Crippen molar-refractivity contribution in [1.29, 1.82) is 0 Å². The van der Waals surface area contributed by atoms with Crippen molar-refractivity contribution in [1.82, 2.24) is 0 Å². The lowest BCUT2D eigenvalue weighted by Crippen LogP contribution is -2.08. The minimum atomic E-state index is -4.74. The van der Waals surface area contributed by atoms with E-state index in [4.69, 9.17) is 5.21 Å². The fourth-order valence-corrected chi connectivity index (χ4v) is 1.61. The molecule has 0 saturated heterocycles. The lowest BCUT2D eigenvalue weighted by atomic mass is 10.0. The summed E-state index contributed by atoms with van der Waals surface area (Å²) in [6, 6.07) is 2.73. The summed E-state index contributed by atoms with van der Waals surface area (Å²) in [5, 5.41) is 11.8. The maximum Gasteiger partial charge on any atom is 0.419 e. The van der Waals surface area contributed by atoms with E-state index in [9.17, 15) is 17.6 Å². The van der Waals surface area contributed by atoms with Crippen molar-refractivity contribution in [2.45, 2.75) is 26.4 Å². The summed E-state index contributed by atoms with van der Waals surface area (Å²) in [5.74, 6) is -1.31. The van der Waals surface area contributed by atoms with E-state index in [1.165, 1.54) is 12.1 Å². The predicted molar refractivity (Wildman–Crippen MR) is 64.6 cm³/mol. The Labute approximate surface area is 108 Å². The molecule has 6 heteroatoms. The highest BCUT2D eigenvalue weighted by Gasteiger charge is 2.34. The van der Waals surface area contributed by atoms with Crippen LogP contribution in [0.3, 0.4) is 0 Å². The molecule has 0 atom stereocenters. The Morgan fingerprint density at radius 3 is 2.47 bits per heavy atom. The largest absolute Gasteiger partial charge is 0.419 e. The third-order valence-corrected chi connectivity index (χ3v) is 2.59. The molecule has 0 spiro atoms. The first-order valence-electron chi connectivity index (χ1n) is 5.56. The van der Waals surface area contributed by atoms with Gasteiger partial charge in [0.05, 0.1) is 11.3 Å². The van der Waals surface area contributed by atoms with Crippen LogP contribution >= 0.6 is 0 Å². The second-order valence-corrected chi connectivity index (χ2v) is 3.96. The maximum absolute atomic E-state index is 13.1. The molecule has 0 saturated carbocycles. The van der Waals surface area contributed by atoms with Crippen LogP contribution < -0.4 is 0 Å². The van der Waals surface area contributed by atoms with Gasteiger partial charge in [0.2, 0.25) is 0 Å². The molecule has 0 aromatic heterocycles. The molecule has 1 rings (SSSR count). The third kappa shape index (κ3) is 3.81. The summed E-state index contributed by atoms with van der Waals surface area (Å²) in [6.45, 7) is 3.35. The number of benzene rings is 1. The summed E-state index contributed by atoms with van der Waals surface area (Å²) >= 11 is 0. The molecule has 19 heavy (non-hydrogen) atoms. The van der Waals surface area contributed by atoms with Crippen molar-refractivity contribution in [3.05, 3.63) is 40.7 Å². The quantitative estimate of drug-likeness (QED) is 0.375. The summed E-state index contributed by atoms with van der Waals surface area (Å²) in [6.07, 6.45) is -2.89. The Kier molecular flexibility index (Phi) is 4.69. The minimum Gasteiger partial charge on any atom is -0.411 e. The topological polar surface area (TPSA) is 32.6 Å². The van der Waals surface area contributed by atoms with Gasteiger partial charge < -0.3 is 5.21 Å². The van der Waals surface area contributed by atoms with Gasteiger partial charge in [-0.05, 0) is 36.6 Å². The van der Waals surface area contributed by atoms with E-state index in [-0.39, 0.29) is 5.56 Å². The fourth-order valence-electron chi connectivity index (χ4n) is 1.61. The SMILES string of the molecule is CCC(=NO)C(C)=Cc1ccc(F)c(C(F)(F)F)c1. The molecular formula is C13H13F4NO. The lowest BCUT2D eigenvalue weighted by molar-refractivity contribution is -0.140. The van der Waals surface area contributed by atoms with Crippen LogP contribution in [0, 0.1) is 5.82 Å². The number of halogens is 4. The second-order valence-electron chi connectivity index (χ2n) is 3.96. The highest BCUT2D eigenvalue weighted by atomic mass is 19.4. The maximum atomic E-state index is 13.1. The van der Waals surface area contributed by atoms with Gasteiger partial charge in [0, 0.05) is 0 Å². The van der Waals surface area contributed by atoms with Crippen molar-refractivity contribution in [2.24, 2.45) is 5.16 Å². The van der Waals surface area contributed by atoms with E-state index in [1.54, 1.807) is 13.8 Å². The van der Waals surface area contributed by atoms with Gasteiger partial charge in [-0.3, -0.25) is 0 Å². The number of hydrogen-bond donors (Lipinski definition) is 1. The number of hydrogen-bond acceptors (Lipinski definition) is 2. The molecule has 0 aliphatic rings. The summed E-state index contributed by atoms with van der Waals surface area (Å²) in [5.41, 5.74) is -0.239. The summed E-state index contributed by atoms with van der Waals surface area (Å²) < 4.78 is 50.7. The Morgan fingerprint density at radius 1 is 1.37 bits per heavy atom. The number of oxime groups is 1. The molecule has 2 nitrogen and oxygen atoms in total.